The summed E-state index contributed by atoms with van der Waals surface area (Å²) in [5.74, 6) is 0.596. The molecule has 0 amide bonds. The maximum absolute atomic E-state index is 10.8. The first-order chi connectivity index (χ1) is 10.5. The molecule has 4 saturated carbocycles. The highest BCUT2D eigenvalue weighted by Crippen LogP contribution is 2.61. The van der Waals surface area contributed by atoms with E-state index in [2.05, 4.69) is 21.0 Å². The van der Waals surface area contributed by atoms with Gasteiger partial charge in [-0.2, -0.15) is 0 Å². The monoisotopic (exact) mass is 307 g/mol. The molecule has 0 aliphatic heterocycles. The summed E-state index contributed by atoms with van der Waals surface area (Å²) in [5.41, 5.74) is 2.78. The number of aliphatic hydroxyl groups is 1. The van der Waals surface area contributed by atoms with E-state index in [9.17, 15) is 9.90 Å². The molecule has 2 atom stereocenters. The summed E-state index contributed by atoms with van der Waals surface area (Å²) >= 11 is 0. The average Bonchev–Trinajstić information content (AvgIpc) is 2.80. The molecule has 2 unspecified atom stereocenters. The number of carbonyl (C=O) groups is 1. The predicted molar refractivity (Wildman–Crippen MR) is 75.4 cm³/mol. The van der Waals surface area contributed by atoms with E-state index >= 15 is 0 Å². The third-order valence-electron chi connectivity index (χ3n) is 5.60. The second-order valence-corrected chi connectivity index (χ2v) is 7.60. The summed E-state index contributed by atoms with van der Waals surface area (Å²) in [4.78, 5) is 12.2. The lowest BCUT2D eigenvalue weighted by Gasteiger charge is -2.60. The van der Waals surface area contributed by atoms with E-state index in [1.54, 1.807) is 0 Å². The fraction of sp³-hybridized carbons (Fsp3) is 0.857. The van der Waals surface area contributed by atoms with E-state index in [-0.39, 0.29) is 11.8 Å². The summed E-state index contributed by atoms with van der Waals surface area (Å²) in [6.45, 7) is 0.681. The van der Waals surface area contributed by atoms with Gasteiger partial charge in [0.05, 0.1) is 5.60 Å². The molecule has 1 heterocycles. The minimum absolute atomic E-state index is 0.0886. The van der Waals surface area contributed by atoms with Crippen LogP contribution in [0.1, 0.15) is 44.3 Å². The quantitative estimate of drug-likeness (QED) is 0.711. The van der Waals surface area contributed by atoms with Crippen LogP contribution in [0.15, 0.2) is 0 Å². The van der Waals surface area contributed by atoms with Gasteiger partial charge in [0.2, 0.25) is 0 Å². The summed E-state index contributed by atoms with van der Waals surface area (Å²) in [7, 11) is 0. The molecule has 4 aliphatic carbocycles. The van der Waals surface area contributed by atoms with Crippen LogP contribution in [0.2, 0.25) is 0 Å². The first-order valence-electron chi connectivity index (χ1n) is 7.91. The zero-order valence-electron chi connectivity index (χ0n) is 12.4. The van der Waals surface area contributed by atoms with Gasteiger partial charge in [-0.1, -0.05) is 0 Å². The second kappa shape index (κ2) is 4.65. The SMILES string of the molecule is O=C(O)Cc1nnnn1NCC12CC3CC(CC(O)(C3)C1)C2. The molecule has 8 heteroatoms. The number of aliphatic carboxylic acids is 1. The lowest BCUT2D eigenvalue weighted by atomic mass is 9.48. The highest BCUT2D eigenvalue weighted by Gasteiger charge is 2.57. The molecule has 4 bridgehead atoms. The van der Waals surface area contributed by atoms with Crippen molar-refractivity contribution in [3.8, 4) is 0 Å². The van der Waals surface area contributed by atoms with Crippen molar-refractivity contribution >= 4 is 5.97 Å². The Morgan fingerprint density at radius 2 is 2.05 bits per heavy atom. The molecule has 0 aromatic carbocycles. The largest absolute Gasteiger partial charge is 0.481 e. The molecule has 22 heavy (non-hydrogen) atoms. The Kier molecular flexibility index (Phi) is 2.94. The smallest absolute Gasteiger partial charge is 0.311 e. The fourth-order valence-electron chi connectivity index (χ4n) is 5.43. The van der Waals surface area contributed by atoms with Gasteiger partial charge in [-0.3, -0.25) is 4.79 Å². The van der Waals surface area contributed by atoms with Gasteiger partial charge < -0.3 is 15.6 Å². The van der Waals surface area contributed by atoms with Crippen molar-refractivity contribution in [3.63, 3.8) is 0 Å². The molecule has 120 valence electrons. The van der Waals surface area contributed by atoms with Crippen LogP contribution in [0.5, 0.6) is 0 Å². The normalized spacial score (nSPS) is 39.1. The van der Waals surface area contributed by atoms with Gasteiger partial charge in [-0.15, -0.1) is 9.89 Å². The minimum atomic E-state index is -0.957. The van der Waals surface area contributed by atoms with Crippen molar-refractivity contribution in [1.82, 2.24) is 20.3 Å². The fourth-order valence-corrected chi connectivity index (χ4v) is 5.43. The van der Waals surface area contributed by atoms with Crippen LogP contribution in [-0.4, -0.2) is 48.6 Å². The second-order valence-electron chi connectivity index (χ2n) is 7.60. The van der Waals surface area contributed by atoms with Gasteiger partial charge >= 0.3 is 5.97 Å². The topological polar surface area (TPSA) is 113 Å². The Morgan fingerprint density at radius 1 is 1.32 bits per heavy atom. The molecule has 0 spiro atoms. The standard InChI is InChI=1S/C14H21N5O3/c20-12(21)2-11-16-17-18-19(11)15-8-13-3-9-1-10(4-13)6-14(22,5-9)7-13/h9-10,15,22H,1-8H2,(H,20,21). The molecule has 4 fully saturated rings. The van der Waals surface area contributed by atoms with E-state index in [0.717, 1.165) is 32.1 Å². The Bertz CT molecular complexity index is 587. The molecule has 3 N–H and O–H groups in total. The highest BCUT2D eigenvalue weighted by atomic mass is 16.4. The zero-order chi connectivity index (χ0) is 15.4. The van der Waals surface area contributed by atoms with Crippen molar-refractivity contribution in [2.24, 2.45) is 17.3 Å². The number of rotatable bonds is 5. The molecule has 1 aromatic heterocycles. The Hall–Kier alpha value is -1.70. The van der Waals surface area contributed by atoms with Crippen LogP contribution in [-0.2, 0) is 11.2 Å². The molecular weight excluding hydrogens is 286 g/mol. The molecule has 1 aromatic rings. The van der Waals surface area contributed by atoms with Gasteiger partial charge in [0.1, 0.15) is 6.42 Å². The van der Waals surface area contributed by atoms with Gasteiger partial charge in [-0.25, -0.2) is 0 Å². The van der Waals surface area contributed by atoms with Crippen molar-refractivity contribution < 1.29 is 15.0 Å². The van der Waals surface area contributed by atoms with Crippen LogP contribution >= 0.6 is 0 Å². The summed E-state index contributed by atoms with van der Waals surface area (Å²) in [6, 6.07) is 0. The first kappa shape index (κ1) is 13.9. The molecule has 5 rings (SSSR count). The number of aromatic nitrogens is 4. The lowest BCUT2D eigenvalue weighted by Crippen LogP contribution is -2.58. The summed E-state index contributed by atoms with van der Waals surface area (Å²) in [5, 5.41) is 30.7. The predicted octanol–water partition coefficient (Wildman–Crippen LogP) is 0.175. The molecular formula is C14H21N5O3. The molecule has 0 radical (unpaired) electrons. The zero-order valence-corrected chi connectivity index (χ0v) is 12.4. The van der Waals surface area contributed by atoms with Gasteiger partial charge in [0, 0.05) is 6.54 Å². The number of hydrogen-bond donors (Lipinski definition) is 3. The van der Waals surface area contributed by atoms with Crippen molar-refractivity contribution in [1.29, 1.82) is 0 Å². The number of nitrogens with one attached hydrogen (secondary N) is 1. The van der Waals surface area contributed by atoms with E-state index < -0.39 is 11.6 Å². The Morgan fingerprint density at radius 3 is 2.68 bits per heavy atom. The first-order valence-corrected chi connectivity index (χ1v) is 7.91. The number of carboxylic acid groups (broad SMARTS) is 1. The van der Waals surface area contributed by atoms with E-state index in [4.69, 9.17) is 5.11 Å². The van der Waals surface area contributed by atoms with Crippen molar-refractivity contribution in [2.75, 3.05) is 12.0 Å². The maximum atomic E-state index is 10.8. The number of nitrogens with zero attached hydrogens (tertiary/aromatic N) is 4. The number of carboxylic acids is 1. The summed E-state index contributed by atoms with van der Waals surface area (Å²) in [6.07, 6.45) is 6.03. The lowest BCUT2D eigenvalue weighted by molar-refractivity contribution is -0.159. The minimum Gasteiger partial charge on any atom is -0.481 e. The summed E-state index contributed by atoms with van der Waals surface area (Å²) < 4.78 is 0. The third kappa shape index (κ3) is 2.35. The van der Waals surface area contributed by atoms with Crippen LogP contribution in [0, 0.1) is 17.3 Å². The average molecular weight is 307 g/mol. The van der Waals surface area contributed by atoms with Crippen LogP contribution in [0.25, 0.3) is 0 Å². The molecule has 8 nitrogen and oxygen atoms in total. The third-order valence-corrected chi connectivity index (χ3v) is 5.60. The number of hydrogen-bond acceptors (Lipinski definition) is 6. The van der Waals surface area contributed by atoms with Crippen LogP contribution in [0.3, 0.4) is 0 Å². The number of tetrazole rings is 1. The van der Waals surface area contributed by atoms with Crippen molar-refractivity contribution in [2.45, 2.75) is 50.5 Å². The van der Waals surface area contributed by atoms with Gasteiger partial charge in [0.25, 0.3) is 0 Å². The Balaban J connectivity index is 1.48. The van der Waals surface area contributed by atoms with Crippen molar-refractivity contribution in [3.05, 3.63) is 5.82 Å². The van der Waals surface area contributed by atoms with Crippen LogP contribution < -0.4 is 5.43 Å². The highest BCUT2D eigenvalue weighted by molar-refractivity contribution is 5.68. The van der Waals surface area contributed by atoms with Crippen LogP contribution in [0.4, 0.5) is 0 Å². The van der Waals surface area contributed by atoms with E-state index in [0.29, 0.717) is 24.2 Å². The van der Waals surface area contributed by atoms with E-state index in [1.165, 1.54) is 11.2 Å². The molecule has 0 saturated heterocycles. The Labute approximate surface area is 127 Å². The van der Waals surface area contributed by atoms with Gasteiger partial charge in [0.15, 0.2) is 5.82 Å². The molecule has 4 aliphatic rings. The van der Waals surface area contributed by atoms with E-state index in [1.807, 2.05) is 0 Å². The maximum Gasteiger partial charge on any atom is 0.311 e. The van der Waals surface area contributed by atoms with Gasteiger partial charge in [-0.05, 0) is 66.2 Å².